The fourth-order valence-corrected chi connectivity index (χ4v) is 3.97. The molecule has 1 saturated heterocycles. The van der Waals surface area contributed by atoms with E-state index in [1.807, 2.05) is 6.92 Å². The summed E-state index contributed by atoms with van der Waals surface area (Å²) in [6.07, 6.45) is 1.22. The molecule has 7 heteroatoms. The number of hydrogen-bond donors (Lipinski definition) is 1. The summed E-state index contributed by atoms with van der Waals surface area (Å²) in [4.78, 5) is 11.8. The van der Waals surface area contributed by atoms with Gasteiger partial charge < -0.3 is 10.1 Å². The van der Waals surface area contributed by atoms with E-state index in [1.165, 1.54) is 11.4 Å². The van der Waals surface area contributed by atoms with E-state index in [0.717, 1.165) is 5.56 Å². The number of carbonyl (C=O) groups is 1. The summed E-state index contributed by atoms with van der Waals surface area (Å²) in [6, 6.07) is 6.87. The first-order valence-electron chi connectivity index (χ1n) is 7.28. The molecule has 0 radical (unpaired) electrons. The summed E-state index contributed by atoms with van der Waals surface area (Å²) in [5.74, 6) is -0.164. The zero-order chi connectivity index (χ0) is 16.2. The Hall–Kier alpha value is -1.44. The molecule has 1 aromatic carbocycles. The summed E-state index contributed by atoms with van der Waals surface area (Å²) in [7, 11) is -1.98. The molecule has 1 N–H and O–H groups in total. The second-order valence-corrected chi connectivity index (χ2v) is 7.43. The Labute approximate surface area is 131 Å². The average molecular weight is 326 g/mol. The highest BCUT2D eigenvalue weighted by atomic mass is 32.2. The SMILES string of the molecule is COCC(=O)NC1CCN(S(=O)(=O)c2ccc(C)cc2)CC1. The predicted molar refractivity (Wildman–Crippen MR) is 83.0 cm³/mol. The van der Waals surface area contributed by atoms with Crippen LogP contribution in [-0.2, 0) is 19.6 Å². The largest absolute Gasteiger partial charge is 0.375 e. The molecule has 0 atom stereocenters. The molecule has 0 aliphatic carbocycles. The van der Waals surface area contributed by atoms with Crippen LogP contribution in [0, 0.1) is 6.92 Å². The second-order valence-electron chi connectivity index (χ2n) is 5.49. The molecular weight excluding hydrogens is 304 g/mol. The molecule has 2 rings (SSSR count). The molecule has 1 aliphatic heterocycles. The van der Waals surface area contributed by atoms with Crippen LogP contribution >= 0.6 is 0 Å². The Morgan fingerprint density at radius 2 is 1.86 bits per heavy atom. The number of benzene rings is 1. The van der Waals surface area contributed by atoms with Crippen LogP contribution in [0.1, 0.15) is 18.4 Å². The van der Waals surface area contributed by atoms with E-state index in [-0.39, 0.29) is 18.6 Å². The quantitative estimate of drug-likeness (QED) is 0.873. The number of amides is 1. The first-order chi connectivity index (χ1) is 10.4. The van der Waals surface area contributed by atoms with Crippen molar-refractivity contribution < 1.29 is 17.9 Å². The highest BCUT2D eigenvalue weighted by Crippen LogP contribution is 2.21. The number of rotatable bonds is 5. The van der Waals surface area contributed by atoms with E-state index >= 15 is 0 Å². The van der Waals surface area contributed by atoms with E-state index < -0.39 is 10.0 Å². The molecule has 6 nitrogen and oxygen atoms in total. The maximum Gasteiger partial charge on any atom is 0.246 e. The molecule has 1 fully saturated rings. The number of nitrogens with one attached hydrogen (secondary N) is 1. The minimum atomic E-state index is -3.44. The van der Waals surface area contributed by atoms with Gasteiger partial charge in [0.25, 0.3) is 0 Å². The van der Waals surface area contributed by atoms with Gasteiger partial charge in [0.15, 0.2) is 0 Å². The van der Waals surface area contributed by atoms with Gasteiger partial charge in [0.05, 0.1) is 4.90 Å². The van der Waals surface area contributed by atoms with Gasteiger partial charge in [-0.05, 0) is 31.9 Å². The van der Waals surface area contributed by atoms with Gasteiger partial charge >= 0.3 is 0 Å². The van der Waals surface area contributed by atoms with Crippen molar-refractivity contribution in [3.05, 3.63) is 29.8 Å². The van der Waals surface area contributed by atoms with Crippen molar-refractivity contribution in [3.8, 4) is 0 Å². The molecule has 0 aromatic heterocycles. The standard InChI is InChI=1S/C15H22N2O4S/c1-12-3-5-14(6-4-12)22(19,20)17-9-7-13(8-10-17)16-15(18)11-21-2/h3-6,13H,7-11H2,1-2H3,(H,16,18). The van der Waals surface area contributed by atoms with Gasteiger partial charge in [-0.15, -0.1) is 0 Å². The van der Waals surface area contributed by atoms with E-state index in [0.29, 0.717) is 30.8 Å². The third kappa shape index (κ3) is 4.06. The smallest absolute Gasteiger partial charge is 0.246 e. The summed E-state index contributed by atoms with van der Waals surface area (Å²) < 4.78 is 31.3. The molecule has 1 aromatic rings. The third-order valence-corrected chi connectivity index (χ3v) is 5.67. The summed E-state index contributed by atoms with van der Waals surface area (Å²) >= 11 is 0. The summed E-state index contributed by atoms with van der Waals surface area (Å²) in [6.45, 7) is 2.77. The molecule has 0 unspecified atom stereocenters. The highest BCUT2D eigenvalue weighted by molar-refractivity contribution is 7.89. The minimum Gasteiger partial charge on any atom is -0.375 e. The lowest BCUT2D eigenvalue weighted by Crippen LogP contribution is -2.47. The maximum absolute atomic E-state index is 12.5. The molecule has 1 aliphatic rings. The Kier molecular flexibility index (Phi) is 5.55. The maximum atomic E-state index is 12.5. The first kappa shape index (κ1) is 16.9. The van der Waals surface area contributed by atoms with Gasteiger partial charge in [0, 0.05) is 26.2 Å². The molecule has 22 heavy (non-hydrogen) atoms. The molecule has 1 amide bonds. The zero-order valence-corrected chi connectivity index (χ0v) is 13.7. The minimum absolute atomic E-state index is 0.00659. The Bertz CT molecular complexity index is 605. The van der Waals surface area contributed by atoms with Crippen LogP contribution in [0.3, 0.4) is 0 Å². The second kappa shape index (κ2) is 7.21. The monoisotopic (exact) mass is 326 g/mol. The number of aryl methyl sites for hydroxylation is 1. The van der Waals surface area contributed by atoms with Crippen molar-refractivity contribution in [2.24, 2.45) is 0 Å². The van der Waals surface area contributed by atoms with Crippen molar-refractivity contribution in [3.63, 3.8) is 0 Å². The lowest BCUT2D eigenvalue weighted by Gasteiger charge is -2.31. The van der Waals surface area contributed by atoms with Crippen LogP contribution in [0.4, 0.5) is 0 Å². The van der Waals surface area contributed by atoms with Gasteiger partial charge in [-0.2, -0.15) is 4.31 Å². The topological polar surface area (TPSA) is 75.7 Å². The summed E-state index contributed by atoms with van der Waals surface area (Å²) in [5.41, 5.74) is 1.03. The van der Waals surface area contributed by atoms with Crippen molar-refractivity contribution in [2.75, 3.05) is 26.8 Å². The third-order valence-electron chi connectivity index (χ3n) is 3.75. The van der Waals surface area contributed by atoms with Crippen molar-refractivity contribution in [2.45, 2.75) is 30.7 Å². The zero-order valence-electron chi connectivity index (χ0n) is 12.9. The van der Waals surface area contributed by atoms with Crippen molar-refractivity contribution >= 4 is 15.9 Å². The number of nitrogens with zero attached hydrogens (tertiary/aromatic N) is 1. The van der Waals surface area contributed by atoms with E-state index in [9.17, 15) is 13.2 Å². The number of hydrogen-bond acceptors (Lipinski definition) is 4. The summed E-state index contributed by atoms with van der Waals surface area (Å²) in [5, 5.41) is 2.85. The van der Waals surface area contributed by atoms with E-state index in [4.69, 9.17) is 4.74 Å². The van der Waals surface area contributed by atoms with Crippen LogP contribution in [0.25, 0.3) is 0 Å². The Morgan fingerprint density at radius 1 is 1.27 bits per heavy atom. The molecule has 0 bridgehead atoms. The van der Waals surface area contributed by atoms with Crippen LogP contribution in [0.2, 0.25) is 0 Å². The highest BCUT2D eigenvalue weighted by Gasteiger charge is 2.29. The average Bonchev–Trinajstić information content (AvgIpc) is 2.48. The van der Waals surface area contributed by atoms with E-state index in [1.54, 1.807) is 24.3 Å². The van der Waals surface area contributed by atoms with Crippen molar-refractivity contribution in [1.82, 2.24) is 9.62 Å². The molecule has 0 saturated carbocycles. The van der Waals surface area contributed by atoms with E-state index in [2.05, 4.69) is 5.32 Å². The van der Waals surface area contributed by atoms with Crippen LogP contribution < -0.4 is 5.32 Å². The number of ether oxygens (including phenoxy) is 1. The number of methoxy groups -OCH3 is 1. The van der Waals surface area contributed by atoms with Gasteiger partial charge in [-0.25, -0.2) is 8.42 Å². The van der Waals surface area contributed by atoms with Gasteiger partial charge in [-0.1, -0.05) is 17.7 Å². The molecular formula is C15H22N2O4S. The lowest BCUT2D eigenvalue weighted by atomic mass is 10.1. The molecule has 0 spiro atoms. The van der Waals surface area contributed by atoms with Crippen LogP contribution in [-0.4, -0.2) is 51.5 Å². The first-order valence-corrected chi connectivity index (χ1v) is 8.72. The Balaban J connectivity index is 1.96. The Morgan fingerprint density at radius 3 is 2.41 bits per heavy atom. The van der Waals surface area contributed by atoms with Crippen LogP contribution in [0.5, 0.6) is 0 Å². The van der Waals surface area contributed by atoms with Gasteiger partial charge in [-0.3, -0.25) is 4.79 Å². The number of sulfonamides is 1. The van der Waals surface area contributed by atoms with Crippen molar-refractivity contribution in [1.29, 1.82) is 0 Å². The fraction of sp³-hybridized carbons (Fsp3) is 0.533. The fourth-order valence-electron chi connectivity index (χ4n) is 2.50. The lowest BCUT2D eigenvalue weighted by molar-refractivity contribution is -0.125. The molecule has 122 valence electrons. The van der Waals surface area contributed by atoms with Gasteiger partial charge in [0.2, 0.25) is 15.9 Å². The molecule has 1 heterocycles. The number of piperidine rings is 1. The normalized spacial score (nSPS) is 17.4. The van der Waals surface area contributed by atoms with Crippen LogP contribution in [0.15, 0.2) is 29.2 Å². The van der Waals surface area contributed by atoms with Gasteiger partial charge in [0.1, 0.15) is 6.61 Å². The number of carbonyl (C=O) groups excluding carboxylic acids is 1. The predicted octanol–water partition coefficient (Wildman–Crippen LogP) is 0.911.